The van der Waals surface area contributed by atoms with Crippen molar-refractivity contribution in [2.24, 2.45) is 0 Å². The van der Waals surface area contributed by atoms with Gasteiger partial charge in [-0.25, -0.2) is 0 Å². The first kappa shape index (κ1) is 30.0. The average molecular weight is 664 g/mol. The number of rotatable bonds is 6. The number of fused-ring (bicyclic) bond motifs is 6. The van der Waals surface area contributed by atoms with Crippen LogP contribution in [0, 0.1) is 0 Å². The highest BCUT2D eigenvalue weighted by Crippen LogP contribution is 2.44. The number of hydrogen-bond donors (Lipinski definition) is 0. The van der Waals surface area contributed by atoms with Gasteiger partial charge in [0.25, 0.3) is 0 Å². The molecular weight excluding hydrogens is 631 g/mol. The van der Waals surface area contributed by atoms with Crippen molar-refractivity contribution in [1.82, 2.24) is 0 Å². The van der Waals surface area contributed by atoms with Gasteiger partial charge in [0.1, 0.15) is 11.2 Å². The van der Waals surface area contributed by atoms with Crippen molar-refractivity contribution in [1.29, 1.82) is 0 Å². The molecule has 2 nitrogen and oxygen atoms in total. The molecule has 0 saturated carbocycles. The molecule has 0 bridgehead atoms. The fourth-order valence-corrected chi connectivity index (χ4v) is 7.77. The Morgan fingerprint density at radius 2 is 0.846 bits per heavy atom. The molecule has 9 aromatic carbocycles. The SMILES string of the molecule is c1ccc(-c2ccc(N(c3ccc(-c4cccc5ccccc45)cc3)c3ccc4oc5cc(-c6ccccc6)c6ccccc6c5c4c3)cc2)cc1. The van der Waals surface area contributed by atoms with Gasteiger partial charge in [-0.2, -0.15) is 0 Å². The van der Waals surface area contributed by atoms with Crippen LogP contribution >= 0.6 is 0 Å². The normalized spacial score (nSPS) is 11.5. The standard InChI is InChI=1S/C50H33NO/c1-3-12-34(13-4-1)35-22-26-39(27-23-35)51(40-28-24-38(25-29-40)43-21-11-17-36-16-7-8-18-42(36)43)41-30-31-48-47(32-41)50-45-20-10-9-19-44(45)46(33-49(50)52-48)37-14-5-2-6-15-37/h1-33H. The summed E-state index contributed by atoms with van der Waals surface area (Å²) in [5, 5.41) is 7.14. The molecule has 10 aromatic rings. The zero-order chi connectivity index (χ0) is 34.4. The summed E-state index contributed by atoms with van der Waals surface area (Å²) in [5.41, 5.74) is 12.2. The quantitative estimate of drug-likeness (QED) is 0.176. The van der Waals surface area contributed by atoms with Crippen LogP contribution in [-0.2, 0) is 0 Å². The lowest BCUT2D eigenvalue weighted by atomic mass is 9.95. The minimum atomic E-state index is 0.875. The predicted molar refractivity (Wildman–Crippen MR) is 220 cm³/mol. The Morgan fingerprint density at radius 3 is 1.58 bits per heavy atom. The molecule has 0 radical (unpaired) electrons. The molecule has 52 heavy (non-hydrogen) atoms. The summed E-state index contributed by atoms with van der Waals surface area (Å²) in [7, 11) is 0. The third kappa shape index (κ3) is 5.12. The highest BCUT2D eigenvalue weighted by Gasteiger charge is 2.19. The van der Waals surface area contributed by atoms with E-state index in [0.29, 0.717) is 0 Å². The Balaban J connectivity index is 1.14. The Bertz CT molecular complexity index is 2870. The van der Waals surface area contributed by atoms with E-state index in [0.717, 1.165) is 39.0 Å². The predicted octanol–water partition coefficient (Wildman–Crippen LogP) is 14.4. The Hall–Kier alpha value is -6.90. The van der Waals surface area contributed by atoms with E-state index in [1.807, 2.05) is 0 Å². The maximum absolute atomic E-state index is 6.61. The van der Waals surface area contributed by atoms with Gasteiger partial charge in [0.2, 0.25) is 0 Å². The highest BCUT2D eigenvalue weighted by molar-refractivity contribution is 6.22. The first-order valence-corrected chi connectivity index (χ1v) is 17.8. The van der Waals surface area contributed by atoms with E-state index in [1.54, 1.807) is 0 Å². The Kier molecular flexibility index (Phi) is 7.18. The Labute approximate surface area is 302 Å². The van der Waals surface area contributed by atoms with Crippen LogP contribution in [0.5, 0.6) is 0 Å². The van der Waals surface area contributed by atoms with E-state index >= 15 is 0 Å². The molecule has 0 aliphatic heterocycles. The number of hydrogen-bond acceptors (Lipinski definition) is 2. The lowest BCUT2D eigenvalue weighted by Gasteiger charge is -2.26. The van der Waals surface area contributed by atoms with Gasteiger partial charge < -0.3 is 9.32 Å². The van der Waals surface area contributed by atoms with Gasteiger partial charge >= 0.3 is 0 Å². The fraction of sp³-hybridized carbons (Fsp3) is 0. The van der Waals surface area contributed by atoms with Gasteiger partial charge in [0.05, 0.1) is 0 Å². The molecule has 0 aliphatic carbocycles. The number of nitrogens with zero attached hydrogens (tertiary/aromatic N) is 1. The molecule has 0 amide bonds. The summed E-state index contributed by atoms with van der Waals surface area (Å²) in [6, 6.07) is 71.6. The maximum Gasteiger partial charge on any atom is 0.136 e. The molecule has 0 spiro atoms. The summed E-state index contributed by atoms with van der Waals surface area (Å²) in [5.74, 6) is 0. The summed E-state index contributed by atoms with van der Waals surface area (Å²) in [6.45, 7) is 0. The number of anilines is 3. The molecule has 1 aromatic heterocycles. The van der Waals surface area contributed by atoms with Crippen molar-refractivity contribution in [3.8, 4) is 33.4 Å². The van der Waals surface area contributed by atoms with Crippen LogP contribution in [0.2, 0.25) is 0 Å². The topological polar surface area (TPSA) is 16.4 Å². The van der Waals surface area contributed by atoms with Crippen LogP contribution in [0.1, 0.15) is 0 Å². The maximum atomic E-state index is 6.61. The second-order valence-corrected chi connectivity index (χ2v) is 13.3. The molecule has 0 aliphatic rings. The first-order chi connectivity index (χ1) is 25.8. The smallest absolute Gasteiger partial charge is 0.136 e. The minimum absolute atomic E-state index is 0.875. The van der Waals surface area contributed by atoms with Crippen LogP contribution in [0.15, 0.2) is 205 Å². The first-order valence-electron chi connectivity index (χ1n) is 17.8. The van der Waals surface area contributed by atoms with Crippen LogP contribution in [0.4, 0.5) is 17.1 Å². The molecule has 1 heterocycles. The van der Waals surface area contributed by atoms with Crippen molar-refractivity contribution in [3.05, 3.63) is 200 Å². The lowest BCUT2D eigenvalue weighted by Crippen LogP contribution is -2.09. The largest absolute Gasteiger partial charge is 0.456 e. The summed E-state index contributed by atoms with van der Waals surface area (Å²) >= 11 is 0. The number of benzene rings is 9. The lowest BCUT2D eigenvalue weighted by molar-refractivity contribution is 0.669. The molecule has 0 N–H and O–H groups in total. The van der Waals surface area contributed by atoms with Crippen LogP contribution in [-0.4, -0.2) is 0 Å². The molecule has 10 rings (SSSR count). The zero-order valence-electron chi connectivity index (χ0n) is 28.4. The van der Waals surface area contributed by atoms with E-state index in [1.165, 1.54) is 54.9 Å². The van der Waals surface area contributed by atoms with Crippen molar-refractivity contribution in [3.63, 3.8) is 0 Å². The summed E-state index contributed by atoms with van der Waals surface area (Å²) in [6.07, 6.45) is 0. The fourth-order valence-electron chi connectivity index (χ4n) is 7.77. The second-order valence-electron chi connectivity index (χ2n) is 13.3. The highest BCUT2D eigenvalue weighted by atomic mass is 16.3. The van der Waals surface area contributed by atoms with Gasteiger partial charge in [-0.3, -0.25) is 0 Å². The number of furan rings is 1. The van der Waals surface area contributed by atoms with Crippen LogP contribution in [0.3, 0.4) is 0 Å². The van der Waals surface area contributed by atoms with Crippen LogP contribution < -0.4 is 4.90 Å². The van der Waals surface area contributed by atoms with Crippen molar-refractivity contribution < 1.29 is 4.42 Å². The van der Waals surface area contributed by atoms with Gasteiger partial charge in [-0.1, -0.05) is 152 Å². The molecule has 0 saturated heterocycles. The van der Waals surface area contributed by atoms with Gasteiger partial charge in [-0.15, -0.1) is 0 Å². The molecular formula is C50H33NO. The molecule has 244 valence electrons. The van der Waals surface area contributed by atoms with Gasteiger partial charge in [-0.05, 0) is 103 Å². The molecule has 2 heteroatoms. The molecule has 0 fully saturated rings. The second kappa shape index (κ2) is 12.5. The van der Waals surface area contributed by atoms with Crippen LogP contribution in [0.25, 0.3) is 76.9 Å². The van der Waals surface area contributed by atoms with E-state index in [4.69, 9.17) is 4.42 Å². The third-order valence-corrected chi connectivity index (χ3v) is 10.3. The van der Waals surface area contributed by atoms with Crippen molar-refractivity contribution >= 4 is 60.5 Å². The monoisotopic (exact) mass is 663 g/mol. The van der Waals surface area contributed by atoms with Gasteiger partial charge in [0, 0.05) is 27.8 Å². The van der Waals surface area contributed by atoms with Crippen molar-refractivity contribution in [2.75, 3.05) is 4.90 Å². The van der Waals surface area contributed by atoms with E-state index < -0.39 is 0 Å². The van der Waals surface area contributed by atoms with E-state index in [2.05, 4.69) is 205 Å². The molecule has 0 atom stereocenters. The summed E-state index contributed by atoms with van der Waals surface area (Å²) < 4.78 is 6.61. The molecule has 0 unspecified atom stereocenters. The van der Waals surface area contributed by atoms with Crippen molar-refractivity contribution in [2.45, 2.75) is 0 Å². The third-order valence-electron chi connectivity index (χ3n) is 10.3. The van der Waals surface area contributed by atoms with E-state index in [-0.39, 0.29) is 0 Å². The van der Waals surface area contributed by atoms with E-state index in [9.17, 15) is 0 Å². The zero-order valence-corrected chi connectivity index (χ0v) is 28.4. The average Bonchev–Trinajstić information content (AvgIpc) is 3.60. The minimum Gasteiger partial charge on any atom is -0.456 e. The van der Waals surface area contributed by atoms with Gasteiger partial charge in [0.15, 0.2) is 0 Å². The Morgan fingerprint density at radius 1 is 0.308 bits per heavy atom. The summed E-state index contributed by atoms with van der Waals surface area (Å²) in [4.78, 5) is 2.35.